The van der Waals surface area contributed by atoms with Gasteiger partial charge < -0.3 is 9.64 Å². The Labute approximate surface area is 146 Å². The van der Waals surface area contributed by atoms with E-state index < -0.39 is 0 Å². The number of rotatable bonds is 4. The minimum atomic E-state index is -0.284. The highest BCUT2D eigenvalue weighted by Gasteiger charge is 2.34. The molecule has 0 bridgehead atoms. The van der Waals surface area contributed by atoms with Gasteiger partial charge in [0.1, 0.15) is 17.2 Å². The number of morpholine rings is 1. The van der Waals surface area contributed by atoms with E-state index in [1.54, 1.807) is 30.3 Å². The van der Waals surface area contributed by atoms with E-state index in [1.165, 1.54) is 0 Å². The molecule has 128 valence electrons. The molecule has 1 aliphatic heterocycles. The van der Waals surface area contributed by atoms with Gasteiger partial charge in [0, 0.05) is 38.3 Å². The molecule has 0 saturated carbocycles. The van der Waals surface area contributed by atoms with Crippen molar-refractivity contribution in [1.82, 2.24) is 14.8 Å². The summed E-state index contributed by atoms with van der Waals surface area (Å²) in [4.78, 5) is 21.2. The van der Waals surface area contributed by atoms with Crippen molar-refractivity contribution in [3.05, 3.63) is 52.0 Å². The predicted molar refractivity (Wildman–Crippen MR) is 95.0 cm³/mol. The first-order chi connectivity index (χ1) is 11.6. The lowest BCUT2D eigenvalue weighted by Gasteiger charge is -2.38. The number of amides is 1. The van der Waals surface area contributed by atoms with Crippen LogP contribution in [0.5, 0.6) is 0 Å². The van der Waals surface area contributed by atoms with Gasteiger partial charge in [-0.15, -0.1) is 11.3 Å². The number of ether oxygens (including phenoxy) is 1. The zero-order chi connectivity index (χ0) is 17.1. The summed E-state index contributed by atoms with van der Waals surface area (Å²) in [5.41, 5.74) is 2.03. The average Bonchev–Trinajstić information content (AvgIpc) is 3.03. The zero-order valence-electron chi connectivity index (χ0n) is 14.3. The Morgan fingerprint density at radius 2 is 2.12 bits per heavy atom. The molecule has 1 fully saturated rings. The number of hydrogen-bond acceptors (Lipinski definition) is 5. The summed E-state index contributed by atoms with van der Waals surface area (Å²) in [6.07, 6.45) is -0.0707. The number of carbonyl (C=O) groups is 1. The summed E-state index contributed by atoms with van der Waals surface area (Å²) in [6.45, 7) is 4.00. The number of aromatic nitrogens is 1. The van der Waals surface area contributed by atoms with Crippen molar-refractivity contribution in [1.29, 1.82) is 0 Å². The first-order valence-corrected chi connectivity index (χ1v) is 8.98. The Morgan fingerprint density at radius 1 is 1.38 bits per heavy atom. The summed E-state index contributed by atoms with van der Waals surface area (Å²) in [5, 5.41) is 3.03. The Morgan fingerprint density at radius 3 is 2.75 bits per heavy atom. The lowest BCUT2D eigenvalue weighted by atomic mass is 10.0. The van der Waals surface area contributed by atoms with Crippen LogP contribution in [0.25, 0.3) is 0 Å². The maximum absolute atomic E-state index is 12.8. The highest BCUT2D eigenvalue weighted by molar-refractivity contribution is 7.09. The van der Waals surface area contributed by atoms with Crippen LogP contribution in [0, 0.1) is 6.92 Å². The van der Waals surface area contributed by atoms with Crippen LogP contribution in [-0.4, -0.2) is 54.5 Å². The van der Waals surface area contributed by atoms with Gasteiger partial charge >= 0.3 is 0 Å². The quantitative estimate of drug-likeness (QED) is 0.855. The second kappa shape index (κ2) is 7.42. The van der Waals surface area contributed by atoms with Gasteiger partial charge in [-0.1, -0.05) is 30.3 Å². The molecule has 1 aliphatic rings. The van der Waals surface area contributed by atoms with Crippen LogP contribution in [-0.2, 0) is 9.53 Å². The molecule has 1 aromatic heterocycles. The molecular formula is C18H23N3O2S. The van der Waals surface area contributed by atoms with Gasteiger partial charge in [0.2, 0.25) is 5.91 Å². The fraction of sp³-hybridized carbons (Fsp3) is 0.444. The van der Waals surface area contributed by atoms with E-state index in [1.807, 2.05) is 42.6 Å². The number of carbonyl (C=O) groups excluding carboxylic acids is 1. The summed E-state index contributed by atoms with van der Waals surface area (Å²) in [5.74, 6) is 0.0946. The molecule has 2 atom stereocenters. The fourth-order valence-electron chi connectivity index (χ4n) is 2.96. The highest BCUT2D eigenvalue weighted by Crippen LogP contribution is 2.31. The molecule has 0 radical (unpaired) electrons. The largest absolute Gasteiger partial charge is 0.368 e. The monoisotopic (exact) mass is 345 g/mol. The number of benzene rings is 1. The van der Waals surface area contributed by atoms with Crippen LogP contribution in [0.1, 0.15) is 28.4 Å². The molecule has 2 unspecified atom stereocenters. The van der Waals surface area contributed by atoms with Crippen molar-refractivity contribution in [3.63, 3.8) is 0 Å². The molecule has 3 rings (SSSR count). The number of thiazole rings is 1. The molecule has 2 heterocycles. The van der Waals surface area contributed by atoms with E-state index in [0.717, 1.165) is 22.8 Å². The molecule has 1 aromatic carbocycles. The molecular weight excluding hydrogens is 322 g/mol. The van der Waals surface area contributed by atoms with Crippen LogP contribution in [0.3, 0.4) is 0 Å². The van der Waals surface area contributed by atoms with Crippen molar-refractivity contribution >= 4 is 17.2 Å². The third-order valence-corrected chi connectivity index (χ3v) is 5.22. The number of likely N-dealkylation sites (N-methyl/N-ethyl adjacent to an activating group) is 1. The lowest BCUT2D eigenvalue weighted by Crippen LogP contribution is -2.46. The molecule has 1 amide bonds. The van der Waals surface area contributed by atoms with Crippen molar-refractivity contribution in [2.45, 2.75) is 19.1 Å². The second-order valence-corrected chi connectivity index (χ2v) is 7.12. The van der Waals surface area contributed by atoms with Crippen molar-refractivity contribution in [2.75, 3.05) is 33.8 Å². The topological polar surface area (TPSA) is 45.7 Å². The van der Waals surface area contributed by atoms with Crippen LogP contribution < -0.4 is 0 Å². The van der Waals surface area contributed by atoms with E-state index in [-0.39, 0.29) is 18.1 Å². The van der Waals surface area contributed by atoms with Crippen molar-refractivity contribution in [3.8, 4) is 0 Å². The number of hydrogen-bond donors (Lipinski definition) is 0. The fourth-order valence-corrected chi connectivity index (χ4v) is 3.80. The summed E-state index contributed by atoms with van der Waals surface area (Å²) in [6, 6.07) is 9.68. The predicted octanol–water partition coefficient (Wildman–Crippen LogP) is 2.65. The molecule has 5 nitrogen and oxygen atoms in total. The van der Waals surface area contributed by atoms with Gasteiger partial charge in [-0.3, -0.25) is 9.69 Å². The molecule has 2 aromatic rings. The molecule has 0 spiro atoms. The third-order valence-electron chi connectivity index (χ3n) is 4.17. The molecule has 24 heavy (non-hydrogen) atoms. The Bertz CT molecular complexity index is 687. The van der Waals surface area contributed by atoms with Gasteiger partial charge in [-0.05, 0) is 12.5 Å². The van der Waals surface area contributed by atoms with E-state index in [2.05, 4.69) is 9.88 Å². The van der Waals surface area contributed by atoms with Gasteiger partial charge in [0.05, 0.1) is 6.61 Å². The standard InChI is InChI=1S/C18H23N3O2S/c1-13-12-24-17(19-13)15-11-21(9-10-23-15)16(18(22)20(2)3)14-7-5-4-6-8-14/h4-8,12,15-16H,9-11H2,1-3H3. The van der Waals surface area contributed by atoms with Gasteiger partial charge in [0.15, 0.2) is 0 Å². The first-order valence-electron chi connectivity index (χ1n) is 8.10. The third kappa shape index (κ3) is 3.66. The van der Waals surface area contributed by atoms with Gasteiger partial charge in [-0.2, -0.15) is 0 Å². The van der Waals surface area contributed by atoms with E-state index in [9.17, 15) is 4.79 Å². The molecule has 0 N–H and O–H groups in total. The maximum Gasteiger partial charge on any atom is 0.244 e. The normalized spacial score (nSPS) is 19.9. The smallest absolute Gasteiger partial charge is 0.244 e. The average molecular weight is 345 g/mol. The van der Waals surface area contributed by atoms with Gasteiger partial charge in [-0.25, -0.2) is 4.98 Å². The Kier molecular flexibility index (Phi) is 5.28. The SMILES string of the molecule is Cc1csc(C2CN(C(C(=O)N(C)C)c3ccccc3)CCO2)n1. The minimum absolute atomic E-state index is 0.0707. The van der Waals surface area contributed by atoms with Crippen LogP contribution in [0.4, 0.5) is 0 Å². The lowest BCUT2D eigenvalue weighted by molar-refractivity contribution is -0.138. The van der Waals surface area contributed by atoms with E-state index in [4.69, 9.17) is 4.74 Å². The number of aryl methyl sites for hydroxylation is 1. The van der Waals surface area contributed by atoms with Crippen LogP contribution in [0.15, 0.2) is 35.7 Å². The molecule has 6 heteroatoms. The first kappa shape index (κ1) is 17.1. The Hall–Kier alpha value is -1.76. The van der Waals surface area contributed by atoms with E-state index in [0.29, 0.717) is 13.2 Å². The summed E-state index contributed by atoms with van der Waals surface area (Å²) in [7, 11) is 3.61. The zero-order valence-corrected chi connectivity index (χ0v) is 15.1. The van der Waals surface area contributed by atoms with Crippen molar-refractivity contribution in [2.24, 2.45) is 0 Å². The summed E-state index contributed by atoms with van der Waals surface area (Å²) >= 11 is 1.62. The van der Waals surface area contributed by atoms with Gasteiger partial charge in [0.25, 0.3) is 0 Å². The van der Waals surface area contributed by atoms with Crippen molar-refractivity contribution < 1.29 is 9.53 Å². The minimum Gasteiger partial charge on any atom is -0.368 e. The molecule has 0 aliphatic carbocycles. The maximum atomic E-state index is 12.8. The number of nitrogens with zero attached hydrogens (tertiary/aromatic N) is 3. The Balaban J connectivity index is 1.85. The van der Waals surface area contributed by atoms with Crippen LogP contribution >= 0.6 is 11.3 Å². The highest BCUT2D eigenvalue weighted by atomic mass is 32.1. The summed E-state index contributed by atoms with van der Waals surface area (Å²) < 4.78 is 5.92. The molecule has 1 saturated heterocycles. The van der Waals surface area contributed by atoms with E-state index >= 15 is 0 Å². The second-order valence-electron chi connectivity index (χ2n) is 6.23. The van der Waals surface area contributed by atoms with Crippen LogP contribution in [0.2, 0.25) is 0 Å².